The summed E-state index contributed by atoms with van der Waals surface area (Å²) in [4.78, 5) is 19.8. The summed E-state index contributed by atoms with van der Waals surface area (Å²) in [7, 11) is 1.52. The lowest BCUT2D eigenvalue weighted by atomic mass is 9.99. The van der Waals surface area contributed by atoms with Gasteiger partial charge < -0.3 is 4.74 Å². The van der Waals surface area contributed by atoms with Gasteiger partial charge in [-0.3, -0.25) is 4.79 Å². The Morgan fingerprint density at radius 3 is 2.67 bits per heavy atom. The maximum atomic E-state index is 11.8. The molecule has 0 saturated heterocycles. The molecule has 1 atom stereocenters. The van der Waals surface area contributed by atoms with E-state index in [0.29, 0.717) is 11.6 Å². The molecular weight excluding hydrogens is 192 g/mol. The van der Waals surface area contributed by atoms with Crippen LogP contribution in [0.3, 0.4) is 0 Å². The number of aromatic nitrogens is 2. The summed E-state index contributed by atoms with van der Waals surface area (Å²) in [6, 6.07) is 0. The van der Waals surface area contributed by atoms with Crippen molar-refractivity contribution in [1.29, 1.82) is 0 Å². The third kappa shape index (κ3) is 3.01. The summed E-state index contributed by atoms with van der Waals surface area (Å²) in [5.74, 6) is 0.486. The standard InChI is InChI=1S/C11H16N2O2/c1-4-5-8(2)11(14)9-6-13-10(15-3)7-12-9/h6-8H,4-5H2,1-3H3. The molecule has 15 heavy (non-hydrogen) atoms. The van der Waals surface area contributed by atoms with Gasteiger partial charge in [-0.2, -0.15) is 0 Å². The van der Waals surface area contributed by atoms with Crippen LogP contribution in [0.25, 0.3) is 0 Å². The molecule has 0 fully saturated rings. The van der Waals surface area contributed by atoms with Crippen molar-refractivity contribution in [2.45, 2.75) is 26.7 Å². The van der Waals surface area contributed by atoms with Crippen LogP contribution in [-0.2, 0) is 0 Å². The van der Waals surface area contributed by atoms with Crippen LogP contribution in [0.2, 0.25) is 0 Å². The highest BCUT2D eigenvalue weighted by molar-refractivity contribution is 5.95. The molecule has 0 aliphatic carbocycles. The van der Waals surface area contributed by atoms with Crippen LogP contribution in [0.1, 0.15) is 37.2 Å². The van der Waals surface area contributed by atoms with E-state index in [1.54, 1.807) is 0 Å². The molecule has 4 heteroatoms. The van der Waals surface area contributed by atoms with Gasteiger partial charge in [0.2, 0.25) is 5.88 Å². The third-order valence-electron chi connectivity index (χ3n) is 2.26. The Labute approximate surface area is 89.7 Å². The van der Waals surface area contributed by atoms with Crippen LogP contribution < -0.4 is 4.74 Å². The van der Waals surface area contributed by atoms with Gasteiger partial charge in [0, 0.05) is 5.92 Å². The molecular formula is C11H16N2O2. The maximum absolute atomic E-state index is 11.8. The number of ether oxygens (including phenoxy) is 1. The smallest absolute Gasteiger partial charge is 0.232 e. The minimum atomic E-state index is 0.0118. The van der Waals surface area contributed by atoms with Crippen LogP contribution in [0.15, 0.2) is 12.4 Å². The highest BCUT2D eigenvalue weighted by atomic mass is 16.5. The molecule has 1 unspecified atom stereocenters. The van der Waals surface area contributed by atoms with E-state index in [9.17, 15) is 4.79 Å². The second-order valence-electron chi connectivity index (χ2n) is 3.50. The van der Waals surface area contributed by atoms with E-state index in [1.807, 2.05) is 6.92 Å². The topological polar surface area (TPSA) is 52.1 Å². The molecule has 1 aromatic heterocycles. The number of methoxy groups -OCH3 is 1. The highest BCUT2D eigenvalue weighted by Crippen LogP contribution is 2.12. The molecule has 0 aromatic carbocycles. The van der Waals surface area contributed by atoms with Crippen molar-refractivity contribution < 1.29 is 9.53 Å². The molecule has 0 aliphatic heterocycles. The van der Waals surface area contributed by atoms with Gasteiger partial charge in [-0.1, -0.05) is 20.3 Å². The number of hydrogen-bond acceptors (Lipinski definition) is 4. The number of nitrogens with zero attached hydrogens (tertiary/aromatic N) is 2. The van der Waals surface area contributed by atoms with E-state index in [4.69, 9.17) is 4.74 Å². The number of carbonyl (C=O) groups excluding carboxylic acids is 1. The number of rotatable bonds is 5. The second-order valence-corrected chi connectivity index (χ2v) is 3.50. The van der Waals surface area contributed by atoms with Gasteiger partial charge in [0.25, 0.3) is 0 Å². The normalized spacial score (nSPS) is 12.2. The summed E-state index contributed by atoms with van der Waals surface area (Å²) >= 11 is 0. The molecule has 0 saturated carbocycles. The second kappa shape index (κ2) is 5.44. The Morgan fingerprint density at radius 2 is 2.20 bits per heavy atom. The minimum absolute atomic E-state index is 0.0118. The van der Waals surface area contributed by atoms with E-state index >= 15 is 0 Å². The molecule has 0 spiro atoms. The monoisotopic (exact) mass is 208 g/mol. The van der Waals surface area contributed by atoms with Crippen LogP contribution in [-0.4, -0.2) is 22.9 Å². The van der Waals surface area contributed by atoms with Crippen molar-refractivity contribution in [3.8, 4) is 5.88 Å². The largest absolute Gasteiger partial charge is 0.480 e. The van der Waals surface area contributed by atoms with Crippen molar-refractivity contribution >= 4 is 5.78 Å². The van der Waals surface area contributed by atoms with Crippen molar-refractivity contribution in [3.63, 3.8) is 0 Å². The predicted octanol–water partition coefficient (Wildman–Crippen LogP) is 2.10. The fourth-order valence-electron chi connectivity index (χ4n) is 1.37. The lowest BCUT2D eigenvalue weighted by Gasteiger charge is -2.07. The van der Waals surface area contributed by atoms with Gasteiger partial charge in [-0.05, 0) is 6.42 Å². The molecule has 0 N–H and O–H groups in total. The number of Topliss-reactive ketones (excluding diaryl/α,β-unsaturated/α-hetero) is 1. The zero-order chi connectivity index (χ0) is 11.3. The Bertz CT molecular complexity index is 322. The quantitative estimate of drug-likeness (QED) is 0.695. The predicted molar refractivity (Wildman–Crippen MR) is 57.0 cm³/mol. The maximum Gasteiger partial charge on any atom is 0.232 e. The Kier molecular flexibility index (Phi) is 4.21. The van der Waals surface area contributed by atoms with Gasteiger partial charge in [0.1, 0.15) is 5.69 Å². The lowest BCUT2D eigenvalue weighted by Crippen LogP contribution is -2.13. The molecule has 4 nitrogen and oxygen atoms in total. The minimum Gasteiger partial charge on any atom is -0.480 e. The summed E-state index contributed by atoms with van der Waals surface area (Å²) in [6.45, 7) is 3.97. The Morgan fingerprint density at radius 1 is 1.47 bits per heavy atom. The van der Waals surface area contributed by atoms with Gasteiger partial charge in [0.15, 0.2) is 5.78 Å². The van der Waals surface area contributed by atoms with Crippen LogP contribution in [0, 0.1) is 5.92 Å². The summed E-state index contributed by atoms with van der Waals surface area (Å²) in [5, 5.41) is 0. The van der Waals surface area contributed by atoms with Crippen molar-refractivity contribution in [3.05, 3.63) is 18.1 Å². The first-order valence-electron chi connectivity index (χ1n) is 5.09. The molecule has 1 aromatic rings. The zero-order valence-corrected chi connectivity index (χ0v) is 9.36. The zero-order valence-electron chi connectivity index (χ0n) is 9.36. The third-order valence-corrected chi connectivity index (χ3v) is 2.26. The van der Waals surface area contributed by atoms with E-state index in [-0.39, 0.29) is 11.7 Å². The van der Waals surface area contributed by atoms with E-state index < -0.39 is 0 Å². The average Bonchev–Trinajstić information content (AvgIpc) is 2.28. The summed E-state index contributed by atoms with van der Waals surface area (Å²) in [5.41, 5.74) is 0.414. The fraction of sp³-hybridized carbons (Fsp3) is 0.545. The first kappa shape index (κ1) is 11.6. The van der Waals surface area contributed by atoms with E-state index in [2.05, 4.69) is 16.9 Å². The first-order valence-corrected chi connectivity index (χ1v) is 5.09. The lowest BCUT2D eigenvalue weighted by molar-refractivity contribution is 0.0918. The van der Waals surface area contributed by atoms with Crippen LogP contribution in [0.5, 0.6) is 5.88 Å². The van der Waals surface area contributed by atoms with Gasteiger partial charge in [-0.25, -0.2) is 9.97 Å². The molecule has 1 rings (SSSR count). The number of ketones is 1. The molecule has 0 radical (unpaired) electrons. The Balaban J connectivity index is 2.73. The van der Waals surface area contributed by atoms with Crippen LogP contribution >= 0.6 is 0 Å². The van der Waals surface area contributed by atoms with E-state index in [0.717, 1.165) is 12.8 Å². The summed E-state index contributed by atoms with van der Waals surface area (Å²) < 4.78 is 4.87. The Hall–Kier alpha value is -1.45. The summed E-state index contributed by atoms with van der Waals surface area (Å²) in [6.07, 6.45) is 4.81. The van der Waals surface area contributed by atoms with Crippen molar-refractivity contribution in [2.24, 2.45) is 5.92 Å². The fourth-order valence-corrected chi connectivity index (χ4v) is 1.37. The number of carbonyl (C=O) groups is 1. The number of hydrogen-bond donors (Lipinski definition) is 0. The van der Waals surface area contributed by atoms with Gasteiger partial charge >= 0.3 is 0 Å². The highest BCUT2D eigenvalue weighted by Gasteiger charge is 2.15. The average molecular weight is 208 g/mol. The van der Waals surface area contributed by atoms with E-state index in [1.165, 1.54) is 19.5 Å². The molecule has 1 heterocycles. The van der Waals surface area contributed by atoms with Crippen LogP contribution in [0.4, 0.5) is 0 Å². The molecule has 82 valence electrons. The van der Waals surface area contributed by atoms with Crippen molar-refractivity contribution in [1.82, 2.24) is 9.97 Å². The molecule has 0 aliphatic rings. The molecule has 0 amide bonds. The molecule has 0 bridgehead atoms. The first-order chi connectivity index (χ1) is 7.19. The SMILES string of the molecule is CCCC(C)C(=O)c1cnc(OC)cn1. The van der Waals surface area contributed by atoms with Gasteiger partial charge in [0.05, 0.1) is 19.5 Å². The van der Waals surface area contributed by atoms with Crippen molar-refractivity contribution in [2.75, 3.05) is 7.11 Å². The van der Waals surface area contributed by atoms with Gasteiger partial charge in [-0.15, -0.1) is 0 Å².